The van der Waals surface area contributed by atoms with Crippen molar-refractivity contribution in [1.29, 1.82) is 0 Å². The number of nitrogens with one attached hydrogen (secondary N) is 1. The van der Waals surface area contributed by atoms with E-state index in [-0.39, 0.29) is 17.2 Å². The zero-order valence-electron chi connectivity index (χ0n) is 11.7. The number of nitro groups is 1. The zero-order chi connectivity index (χ0) is 16.3. The number of hydrogen-bond acceptors (Lipinski definition) is 4. The van der Waals surface area contributed by atoms with Crippen molar-refractivity contribution in [1.82, 2.24) is 5.01 Å². The van der Waals surface area contributed by atoms with Gasteiger partial charge < -0.3 is 10.8 Å². The van der Waals surface area contributed by atoms with Crippen molar-refractivity contribution in [3.05, 3.63) is 39.9 Å². The van der Waals surface area contributed by atoms with E-state index in [1.807, 2.05) is 0 Å². The lowest BCUT2D eigenvalue weighted by Crippen LogP contribution is -2.27. The first kappa shape index (κ1) is 15.0. The Hall–Kier alpha value is -3.39. The molecular weight excluding hydrogens is 290 g/mol. The highest BCUT2D eigenvalue weighted by molar-refractivity contribution is 6.68. The first-order valence-corrected chi connectivity index (χ1v) is 6.08. The summed E-state index contributed by atoms with van der Waals surface area (Å²) in [6, 6.07) is 4.58. The van der Waals surface area contributed by atoms with Crippen molar-refractivity contribution >= 4 is 34.7 Å². The summed E-state index contributed by atoms with van der Waals surface area (Å²) in [6.07, 6.45) is 0. The third-order valence-electron chi connectivity index (χ3n) is 2.80. The van der Waals surface area contributed by atoms with Crippen LogP contribution in [0.25, 0.3) is 5.53 Å². The molecule has 1 aliphatic heterocycles. The quantitative estimate of drug-likeness (QED) is 0.383. The van der Waals surface area contributed by atoms with Crippen LogP contribution in [0.1, 0.15) is 6.92 Å². The maximum Gasteiger partial charge on any atom is 0.382 e. The summed E-state index contributed by atoms with van der Waals surface area (Å²) in [4.78, 5) is 28.7. The van der Waals surface area contributed by atoms with E-state index in [9.17, 15) is 14.9 Å². The number of urea groups is 1. The van der Waals surface area contributed by atoms with Gasteiger partial charge in [0.05, 0.1) is 4.92 Å². The van der Waals surface area contributed by atoms with Crippen LogP contribution in [0.3, 0.4) is 0 Å². The average Bonchev–Trinajstić information content (AvgIpc) is 2.73. The molecule has 1 heterocycles. The summed E-state index contributed by atoms with van der Waals surface area (Å²) < 4.78 is 0. The second-order valence-electron chi connectivity index (χ2n) is 4.33. The Morgan fingerprint density at radius 1 is 1.45 bits per heavy atom. The monoisotopic (exact) mass is 301 g/mol. The van der Waals surface area contributed by atoms with E-state index in [1.165, 1.54) is 29.3 Å². The molecule has 1 N–H and O–H groups in total. The number of nitrogens with zero attached hydrogens (tertiary/aromatic N) is 6. The first-order valence-electron chi connectivity index (χ1n) is 6.08. The minimum atomic E-state index is -0.721. The summed E-state index contributed by atoms with van der Waals surface area (Å²) in [5.74, 6) is 0.0967. The van der Waals surface area contributed by atoms with Crippen LogP contribution in [-0.4, -0.2) is 45.1 Å². The number of hydrazone groups is 1. The third-order valence-corrected chi connectivity index (χ3v) is 2.80. The van der Waals surface area contributed by atoms with E-state index >= 15 is 0 Å². The summed E-state index contributed by atoms with van der Waals surface area (Å²) in [6.45, 7) is 1.61. The summed E-state index contributed by atoms with van der Waals surface area (Å²) in [7, 11) is 1.56. The van der Waals surface area contributed by atoms with E-state index < -0.39 is 11.0 Å². The highest BCUT2D eigenvalue weighted by Gasteiger charge is 2.33. The van der Waals surface area contributed by atoms with Crippen LogP contribution in [0, 0.1) is 10.1 Å². The predicted molar refractivity (Wildman–Crippen MR) is 79.0 cm³/mol. The molecule has 0 atom stereocenters. The van der Waals surface area contributed by atoms with Crippen LogP contribution in [0.2, 0.25) is 0 Å². The fourth-order valence-corrected chi connectivity index (χ4v) is 1.79. The molecule has 1 aromatic carbocycles. The van der Waals surface area contributed by atoms with E-state index in [0.717, 1.165) is 0 Å². The average molecular weight is 301 g/mol. The van der Waals surface area contributed by atoms with Gasteiger partial charge in [-0.1, -0.05) is 0 Å². The third kappa shape index (κ3) is 3.02. The van der Waals surface area contributed by atoms with E-state index in [1.54, 1.807) is 14.0 Å². The van der Waals surface area contributed by atoms with Gasteiger partial charge in [0.25, 0.3) is 5.69 Å². The molecular formula is C12H11N7O3. The highest BCUT2D eigenvalue weighted by Crippen LogP contribution is 2.15. The zero-order valence-corrected chi connectivity index (χ0v) is 11.7. The number of benzene rings is 1. The fraction of sp³-hybridized carbons (Fsp3) is 0.167. The van der Waals surface area contributed by atoms with Gasteiger partial charge in [0, 0.05) is 24.9 Å². The number of aliphatic imine (C=N–C) groups is 1. The standard InChI is InChI=1S/C12H11N7O3/c1-7-10(16-13)11(18(2)17-7)15-12(20)14-8-3-5-9(6-4-8)19(21)22/h3-6H,1-2H3,(H,14,20)/b15-11+. The molecule has 1 aliphatic rings. The molecule has 22 heavy (non-hydrogen) atoms. The number of amides is 2. The van der Waals surface area contributed by atoms with Gasteiger partial charge in [-0.05, 0) is 19.1 Å². The molecule has 0 unspecified atom stereocenters. The SMILES string of the molecule is CC1=NN(C)/C(=N/C(=O)Nc2ccc([N+](=O)[O-])cc2)C1=[N+]=[N-]. The van der Waals surface area contributed by atoms with Gasteiger partial charge >= 0.3 is 11.7 Å². The van der Waals surface area contributed by atoms with Crippen molar-refractivity contribution in [3.63, 3.8) is 0 Å². The van der Waals surface area contributed by atoms with Crippen molar-refractivity contribution in [2.24, 2.45) is 10.1 Å². The Balaban J connectivity index is 2.15. The van der Waals surface area contributed by atoms with Crippen molar-refractivity contribution in [2.75, 3.05) is 12.4 Å². The summed E-state index contributed by atoms with van der Waals surface area (Å²) in [5.41, 5.74) is 9.70. The van der Waals surface area contributed by atoms with Crippen LogP contribution in [0.4, 0.5) is 16.2 Å². The Morgan fingerprint density at radius 2 is 2.09 bits per heavy atom. The Bertz CT molecular complexity index is 744. The maximum absolute atomic E-state index is 11.9. The minimum absolute atomic E-state index is 0.0847. The first-order chi connectivity index (χ1) is 10.4. The van der Waals surface area contributed by atoms with E-state index in [4.69, 9.17) is 5.53 Å². The Labute approximate surface area is 124 Å². The number of rotatable bonds is 2. The van der Waals surface area contributed by atoms with Crippen LogP contribution < -0.4 is 5.32 Å². The lowest BCUT2D eigenvalue weighted by atomic mass is 10.2. The number of non-ortho nitro benzene ring substituents is 1. The van der Waals surface area contributed by atoms with Gasteiger partial charge in [0.2, 0.25) is 5.84 Å². The number of carbonyl (C=O) groups is 1. The molecule has 0 aromatic heterocycles. The van der Waals surface area contributed by atoms with Gasteiger partial charge in [0.1, 0.15) is 0 Å². The van der Waals surface area contributed by atoms with Gasteiger partial charge in [0.15, 0.2) is 5.71 Å². The lowest BCUT2D eigenvalue weighted by molar-refractivity contribution is -0.384. The molecule has 0 spiro atoms. The van der Waals surface area contributed by atoms with Crippen molar-refractivity contribution in [2.45, 2.75) is 6.92 Å². The van der Waals surface area contributed by atoms with E-state index in [2.05, 4.69) is 20.2 Å². The minimum Gasteiger partial charge on any atom is -0.361 e. The number of amidine groups is 1. The highest BCUT2D eigenvalue weighted by atomic mass is 16.6. The Kier molecular flexibility index (Phi) is 4.05. The van der Waals surface area contributed by atoms with Crippen molar-refractivity contribution < 1.29 is 14.5 Å². The summed E-state index contributed by atoms with van der Waals surface area (Å²) in [5, 5.41) is 18.3. The van der Waals surface area contributed by atoms with E-state index in [0.29, 0.717) is 11.4 Å². The maximum atomic E-state index is 11.9. The molecule has 10 nitrogen and oxygen atoms in total. The lowest BCUT2D eigenvalue weighted by Gasteiger charge is -2.05. The number of carbonyl (C=O) groups excluding carboxylic acids is 1. The van der Waals surface area contributed by atoms with Gasteiger partial charge in [-0.15, -0.1) is 0 Å². The van der Waals surface area contributed by atoms with Crippen LogP contribution in [0.15, 0.2) is 34.4 Å². The number of anilines is 1. The van der Waals surface area contributed by atoms with Crippen molar-refractivity contribution in [3.8, 4) is 0 Å². The van der Waals surface area contributed by atoms with Gasteiger partial charge in [-0.25, -0.2) is 9.80 Å². The van der Waals surface area contributed by atoms with Gasteiger partial charge in [-0.2, -0.15) is 14.9 Å². The van der Waals surface area contributed by atoms with Crippen LogP contribution in [0.5, 0.6) is 0 Å². The molecule has 0 radical (unpaired) electrons. The molecule has 2 amide bonds. The largest absolute Gasteiger partial charge is 0.382 e. The molecule has 112 valence electrons. The molecule has 1 aromatic rings. The smallest absolute Gasteiger partial charge is 0.361 e. The van der Waals surface area contributed by atoms with Gasteiger partial charge in [-0.3, -0.25) is 10.1 Å². The number of hydrogen-bond donors (Lipinski definition) is 1. The fourth-order valence-electron chi connectivity index (χ4n) is 1.79. The Morgan fingerprint density at radius 3 is 2.64 bits per heavy atom. The molecule has 0 aliphatic carbocycles. The topological polar surface area (TPSA) is 137 Å². The number of nitro benzene ring substituents is 1. The second-order valence-corrected chi connectivity index (χ2v) is 4.33. The molecule has 0 saturated heterocycles. The second kappa shape index (κ2) is 5.94. The molecule has 10 heteroatoms. The molecule has 0 fully saturated rings. The van der Waals surface area contributed by atoms with Crippen LogP contribution in [-0.2, 0) is 0 Å². The predicted octanol–water partition coefficient (Wildman–Crippen LogP) is 1.52. The molecule has 2 rings (SSSR count). The molecule has 0 bridgehead atoms. The molecule has 0 saturated carbocycles. The normalized spacial score (nSPS) is 15.5. The summed E-state index contributed by atoms with van der Waals surface area (Å²) >= 11 is 0. The van der Waals surface area contributed by atoms with Crippen LogP contribution >= 0.6 is 0 Å².